The van der Waals surface area contributed by atoms with Crippen LogP contribution in [0.3, 0.4) is 0 Å². The van der Waals surface area contributed by atoms with E-state index in [4.69, 9.17) is 5.73 Å². The Labute approximate surface area is 106 Å². The summed E-state index contributed by atoms with van der Waals surface area (Å²) in [5, 5.41) is 2.15. The van der Waals surface area contributed by atoms with Crippen LogP contribution in [-0.2, 0) is 0 Å². The number of halogens is 3. The summed E-state index contributed by atoms with van der Waals surface area (Å²) in [6.45, 7) is 0. The Hall–Kier alpha value is -2.57. The van der Waals surface area contributed by atoms with Gasteiger partial charge in [-0.3, -0.25) is 4.79 Å². The van der Waals surface area contributed by atoms with Crippen molar-refractivity contribution >= 4 is 17.3 Å². The first-order chi connectivity index (χ1) is 8.97. The Morgan fingerprint density at radius 1 is 1.16 bits per heavy atom. The molecule has 0 spiro atoms. The van der Waals surface area contributed by atoms with Crippen LogP contribution < -0.4 is 11.1 Å². The van der Waals surface area contributed by atoms with Crippen LogP contribution in [0.2, 0.25) is 0 Å². The van der Waals surface area contributed by atoms with Crippen LogP contribution in [0.15, 0.2) is 30.5 Å². The van der Waals surface area contributed by atoms with E-state index in [1.165, 1.54) is 0 Å². The quantitative estimate of drug-likeness (QED) is 0.820. The summed E-state index contributed by atoms with van der Waals surface area (Å²) in [5.41, 5.74) is 4.67. The maximum Gasteiger partial charge on any atom is 0.274 e. The highest BCUT2D eigenvalue weighted by atomic mass is 19.1. The Bertz CT molecular complexity index is 606. The van der Waals surface area contributed by atoms with Crippen LogP contribution >= 0.6 is 0 Å². The van der Waals surface area contributed by atoms with E-state index in [9.17, 15) is 18.0 Å². The van der Waals surface area contributed by atoms with Crippen molar-refractivity contribution < 1.29 is 18.0 Å². The largest absolute Gasteiger partial charge is 0.397 e. The molecule has 0 saturated heterocycles. The Morgan fingerprint density at radius 2 is 1.89 bits per heavy atom. The van der Waals surface area contributed by atoms with E-state index >= 15 is 0 Å². The molecule has 98 valence electrons. The van der Waals surface area contributed by atoms with Crippen LogP contribution in [-0.4, -0.2) is 10.9 Å². The van der Waals surface area contributed by atoms with Crippen LogP contribution in [0.5, 0.6) is 0 Å². The van der Waals surface area contributed by atoms with Gasteiger partial charge in [-0.05, 0) is 18.2 Å². The molecular weight excluding hydrogens is 259 g/mol. The molecule has 0 radical (unpaired) electrons. The number of nitrogen functional groups attached to an aromatic ring is 1. The number of anilines is 2. The molecule has 0 unspecified atom stereocenters. The van der Waals surface area contributed by atoms with Gasteiger partial charge in [-0.1, -0.05) is 0 Å². The molecule has 2 aromatic rings. The van der Waals surface area contributed by atoms with Crippen molar-refractivity contribution in [1.82, 2.24) is 4.98 Å². The Morgan fingerprint density at radius 3 is 2.47 bits per heavy atom. The van der Waals surface area contributed by atoms with Crippen molar-refractivity contribution in [1.29, 1.82) is 0 Å². The molecule has 0 saturated carbocycles. The van der Waals surface area contributed by atoms with Crippen molar-refractivity contribution in [3.8, 4) is 0 Å². The monoisotopic (exact) mass is 267 g/mol. The molecule has 0 bridgehead atoms. The lowest BCUT2D eigenvalue weighted by Gasteiger charge is -2.09. The third-order valence-corrected chi connectivity index (χ3v) is 2.28. The van der Waals surface area contributed by atoms with Crippen LogP contribution in [0, 0.1) is 17.5 Å². The summed E-state index contributed by atoms with van der Waals surface area (Å²) in [7, 11) is 0. The van der Waals surface area contributed by atoms with Crippen LogP contribution in [0.25, 0.3) is 0 Å². The van der Waals surface area contributed by atoms with Gasteiger partial charge in [0, 0.05) is 6.07 Å². The number of carbonyl (C=O) groups excluding carboxylic acids is 1. The molecule has 0 aliphatic rings. The van der Waals surface area contributed by atoms with E-state index in [1.54, 1.807) is 0 Å². The zero-order valence-electron chi connectivity index (χ0n) is 9.45. The first-order valence-electron chi connectivity index (χ1n) is 5.15. The molecule has 2 rings (SSSR count). The predicted molar refractivity (Wildman–Crippen MR) is 62.9 cm³/mol. The average Bonchev–Trinajstić information content (AvgIpc) is 2.34. The van der Waals surface area contributed by atoms with Gasteiger partial charge in [0.1, 0.15) is 23.0 Å². The number of rotatable bonds is 2. The van der Waals surface area contributed by atoms with Gasteiger partial charge < -0.3 is 11.1 Å². The van der Waals surface area contributed by atoms with Crippen molar-refractivity contribution in [2.24, 2.45) is 0 Å². The molecule has 19 heavy (non-hydrogen) atoms. The fourth-order valence-electron chi connectivity index (χ4n) is 1.41. The molecule has 1 aromatic carbocycles. The molecule has 0 aliphatic heterocycles. The Kier molecular flexibility index (Phi) is 3.37. The second-order valence-corrected chi connectivity index (χ2v) is 3.67. The third-order valence-electron chi connectivity index (χ3n) is 2.28. The lowest BCUT2D eigenvalue weighted by Crippen LogP contribution is -2.16. The molecule has 3 N–H and O–H groups in total. The molecule has 0 atom stereocenters. The average molecular weight is 267 g/mol. The molecule has 0 fully saturated rings. The number of hydrogen-bond acceptors (Lipinski definition) is 3. The number of pyridine rings is 1. The fraction of sp³-hybridized carbons (Fsp3) is 0. The molecule has 0 aliphatic carbocycles. The maximum absolute atomic E-state index is 13.4. The summed E-state index contributed by atoms with van der Waals surface area (Å²) in [4.78, 5) is 15.2. The molecule has 1 aromatic heterocycles. The van der Waals surface area contributed by atoms with E-state index in [-0.39, 0.29) is 17.1 Å². The second-order valence-electron chi connectivity index (χ2n) is 3.67. The summed E-state index contributed by atoms with van der Waals surface area (Å²) < 4.78 is 38.9. The molecule has 1 heterocycles. The zero-order chi connectivity index (χ0) is 14.0. The van der Waals surface area contributed by atoms with E-state index in [0.717, 1.165) is 24.4 Å². The highest BCUT2D eigenvalue weighted by molar-refractivity contribution is 6.04. The topological polar surface area (TPSA) is 68.0 Å². The fourth-order valence-corrected chi connectivity index (χ4v) is 1.41. The van der Waals surface area contributed by atoms with E-state index in [1.807, 2.05) is 0 Å². The number of nitrogens with two attached hydrogens (primary N) is 1. The van der Waals surface area contributed by atoms with Crippen LogP contribution in [0.4, 0.5) is 24.5 Å². The molecule has 1 amide bonds. The summed E-state index contributed by atoms with van der Waals surface area (Å²) in [6, 6.07) is 3.62. The normalized spacial score (nSPS) is 10.3. The van der Waals surface area contributed by atoms with Gasteiger partial charge in [0.25, 0.3) is 5.91 Å². The van der Waals surface area contributed by atoms with Crippen molar-refractivity contribution in [3.05, 3.63) is 53.6 Å². The van der Waals surface area contributed by atoms with Gasteiger partial charge in [0.2, 0.25) is 0 Å². The second kappa shape index (κ2) is 4.97. The summed E-state index contributed by atoms with van der Waals surface area (Å²) >= 11 is 0. The zero-order valence-corrected chi connectivity index (χ0v) is 9.45. The number of aromatic nitrogens is 1. The van der Waals surface area contributed by atoms with Crippen molar-refractivity contribution in [2.75, 3.05) is 11.1 Å². The molecular formula is C12H8F3N3O. The predicted octanol–water partition coefficient (Wildman–Crippen LogP) is 2.33. The number of hydrogen-bond donors (Lipinski definition) is 2. The maximum atomic E-state index is 13.4. The van der Waals surface area contributed by atoms with E-state index < -0.39 is 23.4 Å². The number of benzene rings is 1. The van der Waals surface area contributed by atoms with E-state index in [2.05, 4.69) is 10.3 Å². The minimum absolute atomic E-state index is 0.121. The minimum Gasteiger partial charge on any atom is -0.397 e. The van der Waals surface area contributed by atoms with Crippen molar-refractivity contribution in [3.63, 3.8) is 0 Å². The third kappa shape index (κ3) is 2.82. The van der Waals surface area contributed by atoms with Gasteiger partial charge in [-0.15, -0.1) is 0 Å². The van der Waals surface area contributed by atoms with Gasteiger partial charge >= 0.3 is 0 Å². The van der Waals surface area contributed by atoms with Crippen molar-refractivity contribution in [2.45, 2.75) is 0 Å². The number of amides is 1. The van der Waals surface area contributed by atoms with Gasteiger partial charge in [-0.2, -0.15) is 0 Å². The Balaban J connectivity index is 2.26. The highest BCUT2D eigenvalue weighted by Crippen LogP contribution is 2.24. The number of nitrogens with one attached hydrogen (secondary N) is 1. The number of carbonyl (C=O) groups is 1. The lowest BCUT2D eigenvalue weighted by molar-refractivity contribution is 0.102. The van der Waals surface area contributed by atoms with Gasteiger partial charge in [0.05, 0.1) is 11.9 Å². The summed E-state index contributed by atoms with van der Waals surface area (Å²) in [6.07, 6.45) is 0.847. The number of nitrogens with zero attached hydrogens (tertiary/aromatic N) is 1. The van der Waals surface area contributed by atoms with E-state index in [0.29, 0.717) is 6.07 Å². The van der Waals surface area contributed by atoms with Gasteiger partial charge in [-0.25, -0.2) is 18.2 Å². The first kappa shape index (κ1) is 12.9. The SMILES string of the molecule is Nc1cc(F)cc(F)c1NC(=O)c1ccc(F)cn1. The first-order valence-corrected chi connectivity index (χ1v) is 5.15. The smallest absolute Gasteiger partial charge is 0.274 e. The van der Waals surface area contributed by atoms with Crippen LogP contribution in [0.1, 0.15) is 10.5 Å². The standard InChI is InChI=1S/C12H8F3N3O/c13-6-1-2-10(17-5-6)12(19)18-11-8(15)3-7(14)4-9(11)16/h1-5H,16H2,(H,18,19). The highest BCUT2D eigenvalue weighted by Gasteiger charge is 2.14. The lowest BCUT2D eigenvalue weighted by atomic mass is 10.2. The minimum atomic E-state index is -1.01. The van der Waals surface area contributed by atoms with Gasteiger partial charge in [0.15, 0.2) is 5.82 Å². The summed E-state index contributed by atoms with van der Waals surface area (Å²) in [5.74, 6) is -3.25. The molecule has 4 nitrogen and oxygen atoms in total. The molecule has 7 heteroatoms.